The van der Waals surface area contributed by atoms with Crippen LogP contribution in [0.3, 0.4) is 0 Å². The monoisotopic (exact) mass is 402 g/mol. The van der Waals surface area contributed by atoms with Crippen LogP contribution in [0.2, 0.25) is 0 Å². The molecule has 8 heteroatoms. The first kappa shape index (κ1) is 18.8. The second-order valence-electron chi connectivity index (χ2n) is 8.18. The first-order valence-corrected chi connectivity index (χ1v) is 10.6. The SMILES string of the molecule is CC12CCC3c4ccc(OS(=O)(=O)C(F)(F)F)cc4CCC3C1CCC2=O. The Labute approximate surface area is 156 Å². The summed E-state index contributed by atoms with van der Waals surface area (Å²) in [5.41, 5.74) is -3.78. The molecule has 2 saturated carbocycles. The Hall–Kier alpha value is -1.57. The van der Waals surface area contributed by atoms with E-state index in [1.54, 1.807) is 6.07 Å². The summed E-state index contributed by atoms with van der Waals surface area (Å²) in [4.78, 5) is 12.3. The maximum atomic E-state index is 12.5. The third kappa shape index (κ3) is 2.87. The Balaban J connectivity index is 1.61. The molecule has 3 aliphatic carbocycles. The Bertz CT molecular complexity index is 893. The molecule has 0 saturated heterocycles. The van der Waals surface area contributed by atoms with Gasteiger partial charge in [-0.3, -0.25) is 4.79 Å². The Morgan fingerprint density at radius 2 is 1.89 bits per heavy atom. The normalized spacial score (nSPS) is 33.2. The number of benzene rings is 1. The van der Waals surface area contributed by atoms with Gasteiger partial charge < -0.3 is 4.18 Å². The number of carbonyl (C=O) groups excluding carboxylic acids is 1. The van der Waals surface area contributed by atoms with Crippen LogP contribution in [0, 0.1) is 17.3 Å². The average molecular weight is 402 g/mol. The van der Waals surface area contributed by atoms with Crippen LogP contribution in [-0.4, -0.2) is 19.7 Å². The summed E-state index contributed by atoms with van der Waals surface area (Å²) in [6.07, 6.45) is 4.77. The number of hydrogen-bond acceptors (Lipinski definition) is 4. The lowest BCUT2D eigenvalue weighted by molar-refractivity contribution is -0.129. The van der Waals surface area contributed by atoms with Gasteiger partial charge in [-0.2, -0.15) is 21.6 Å². The molecule has 0 radical (unpaired) electrons. The number of fused-ring (bicyclic) bond motifs is 5. The van der Waals surface area contributed by atoms with Gasteiger partial charge in [-0.1, -0.05) is 13.0 Å². The maximum Gasteiger partial charge on any atom is 0.534 e. The third-order valence-corrected chi connectivity index (χ3v) is 7.88. The van der Waals surface area contributed by atoms with Crippen molar-refractivity contribution >= 4 is 15.9 Å². The molecule has 0 spiro atoms. The Kier molecular flexibility index (Phi) is 4.15. The standard InChI is InChI=1S/C19H21F3O4S/c1-18-9-8-14-13-5-3-12(26-27(24,25)19(20,21)22)10-11(13)2-4-15(14)16(18)6-7-17(18)23/h3,5,10,14-16H,2,4,6-9H2,1H3. The zero-order chi connectivity index (χ0) is 19.6. The molecule has 0 aromatic heterocycles. The number of carbonyl (C=O) groups is 1. The zero-order valence-corrected chi connectivity index (χ0v) is 15.7. The summed E-state index contributed by atoms with van der Waals surface area (Å²) in [6, 6.07) is 4.42. The van der Waals surface area contributed by atoms with Gasteiger partial charge in [-0.25, -0.2) is 0 Å². The summed E-state index contributed by atoms with van der Waals surface area (Å²) < 4.78 is 64.3. The first-order chi connectivity index (χ1) is 12.5. The molecule has 0 bridgehead atoms. The average Bonchev–Trinajstić information content (AvgIpc) is 2.88. The molecule has 0 aliphatic heterocycles. The molecular weight excluding hydrogens is 381 g/mol. The molecule has 1 aromatic rings. The van der Waals surface area contributed by atoms with Crippen LogP contribution in [0.5, 0.6) is 5.75 Å². The van der Waals surface area contributed by atoms with Crippen molar-refractivity contribution in [3.8, 4) is 5.75 Å². The van der Waals surface area contributed by atoms with E-state index in [0.717, 1.165) is 36.8 Å². The van der Waals surface area contributed by atoms with E-state index in [1.807, 2.05) is 0 Å². The Morgan fingerprint density at radius 3 is 2.59 bits per heavy atom. The summed E-state index contributed by atoms with van der Waals surface area (Å²) in [7, 11) is -5.66. The number of ketones is 1. The van der Waals surface area contributed by atoms with Gasteiger partial charge in [0.2, 0.25) is 0 Å². The maximum absolute atomic E-state index is 12.5. The van der Waals surface area contributed by atoms with Crippen LogP contribution in [-0.2, 0) is 21.3 Å². The highest BCUT2D eigenvalue weighted by molar-refractivity contribution is 7.88. The van der Waals surface area contributed by atoms with E-state index in [2.05, 4.69) is 11.1 Å². The molecule has 4 rings (SSSR count). The van der Waals surface area contributed by atoms with Crippen molar-refractivity contribution in [1.82, 2.24) is 0 Å². The Morgan fingerprint density at radius 1 is 1.15 bits per heavy atom. The predicted octanol–water partition coefficient (Wildman–Crippen LogP) is 4.34. The van der Waals surface area contributed by atoms with Crippen LogP contribution < -0.4 is 4.18 Å². The van der Waals surface area contributed by atoms with E-state index in [4.69, 9.17) is 0 Å². The minimum absolute atomic E-state index is 0.234. The number of Topliss-reactive ketones (excluding diaryl/α,β-unsaturated/α-hetero) is 1. The summed E-state index contributed by atoms with van der Waals surface area (Å²) in [5, 5.41) is 0. The molecule has 0 amide bonds. The molecule has 4 unspecified atom stereocenters. The van der Waals surface area contributed by atoms with Crippen molar-refractivity contribution in [2.75, 3.05) is 0 Å². The fourth-order valence-corrected chi connectivity index (χ4v) is 6.01. The third-order valence-electron chi connectivity index (χ3n) is 6.90. The molecular formula is C19H21F3O4S. The molecule has 0 N–H and O–H groups in total. The van der Waals surface area contributed by atoms with Crippen molar-refractivity contribution in [2.45, 2.75) is 56.9 Å². The second kappa shape index (κ2) is 5.96. The van der Waals surface area contributed by atoms with Crippen molar-refractivity contribution in [3.05, 3.63) is 29.3 Å². The predicted molar refractivity (Wildman–Crippen MR) is 91.7 cm³/mol. The highest BCUT2D eigenvalue weighted by Gasteiger charge is 2.54. The van der Waals surface area contributed by atoms with E-state index >= 15 is 0 Å². The van der Waals surface area contributed by atoms with E-state index in [1.165, 1.54) is 12.1 Å². The van der Waals surface area contributed by atoms with Gasteiger partial charge in [-0.15, -0.1) is 0 Å². The van der Waals surface area contributed by atoms with Crippen LogP contribution >= 0.6 is 0 Å². The van der Waals surface area contributed by atoms with Gasteiger partial charge >= 0.3 is 15.6 Å². The summed E-state index contributed by atoms with van der Waals surface area (Å²) in [5.74, 6) is 1.08. The smallest absolute Gasteiger partial charge is 0.376 e. The summed E-state index contributed by atoms with van der Waals surface area (Å²) in [6.45, 7) is 2.08. The fraction of sp³-hybridized carbons (Fsp3) is 0.632. The highest BCUT2D eigenvalue weighted by atomic mass is 32.2. The lowest BCUT2D eigenvalue weighted by atomic mass is 9.55. The molecule has 3 aliphatic rings. The number of alkyl halides is 3. The van der Waals surface area contributed by atoms with E-state index < -0.39 is 15.6 Å². The highest BCUT2D eigenvalue weighted by Crippen LogP contribution is 2.59. The van der Waals surface area contributed by atoms with Gasteiger partial charge in [0, 0.05) is 11.8 Å². The molecule has 0 heterocycles. The minimum atomic E-state index is -5.66. The quantitative estimate of drug-likeness (QED) is 0.545. The largest absolute Gasteiger partial charge is 0.534 e. The van der Waals surface area contributed by atoms with Crippen LogP contribution in [0.1, 0.15) is 56.1 Å². The van der Waals surface area contributed by atoms with E-state index in [9.17, 15) is 26.4 Å². The second-order valence-corrected chi connectivity index (χ2v) is 9.72. The van der Waals surface area contributed by atoms with Gasteiger partial charge in [0.05, 0.1) is 0 Å². The molecule has 4 atom stereocenters. The number of halogens is 3. The van der Waals surface area contributed by atoms with Gasteiger partial charge in [0.1, 0.15) is 11.5 Å². The first-order valence-electron chi connectivity index (χ1n) is 9.20. The van der Waals surface area contributed by atoms with E-state index in [0.29, 0.717) is 30.5 Å². The fourth-order valence-electron chi connectivity index (χ4n) is 5.56. The van der Waals surface area contributed by atoms with Crippen molar-refractivity contribution in [1.29, 1.82) is 0 Å². The summed E-state index contributed by atoms with van der Waals surface area (Å²) >= 11 is 0. The van der Waals surface area contributed by atoms with Crippen molar-refractivity contribution < 1.29 is 30.6 Å². The van der Waals surface area contributed by atoms with Gasteiger partial charge in [0.25, 0.3) is 0 Å². The number of hydrogen-bond donors (Lipinski definition) is 0. The molecule has 4 nitrogen and oxygen atoms in total. The van der Waals surface area contributed by atoms with Crippen LogP contribution in [0.25, 0.3) is 0 Å². The van der Waals surface area contributed by atoms with Crippen molar-refractivity contribution in [3.63, 3.8) is 0 Å². The topological polar surface area (TPSA) is 60.4 Å². The van der Waals surface area contributed by atoms with Crippen LogP contribution in [0.15, 0.2) is 18.2 Å². The molecule has 1 aromatic carbocycles. The number of rotatable bonds is 2. The van der Waals surface area contributed by atoms with Gasteiger partial charge in [0.15, 0.2) is 0 Å². The number of aryl methyl sites for hydroxylation is 1. The van der Waals surface area contributed by atoms with E-state index in [-0.39, 0.29) is 17.1 Å². The van der Waals surface area contributed by atoms with Gasteiger partial charge in [-0.05, 0) is 73.1 Å². The zero-order valence-electron chi connectivity index (χ0n) is 14.9. The molecule has 2 fully saturated rings. The minimum Gasteiger partial charge on any atom is -0.376 e. The van der Waals surface area contributed by atoms with Crippen LogP contribution in [0.4, 0.5) is 13.2 Å². The lowest BCUT2D eigenvalue weighted by Crippen LogP contribution is -2.42. The molecule has 148 valence electrons. The lowest BCUT2D eigenvalue weighted by Gasteiger charge is -2.48. The van der Waals surface area contributed by atoms with Crippen molar-refractivity contribution in [2.24, 2.45) is 17.3 Å². The molecule has 27 heavy (non-hydrogen) atoms.